The third-order valence-electron chi connectivity index (χ3n) is 4.50. The number of rotatable bonds is 5. The van der Waals surface area contributed by atoms with Crippen molar-refractivity contribution < 1.29 is 9.47 Å². The van der Waals surface area contributed by atoms with Gasteiger partial charge < -0.3 is 14.8 Å². The molecule has 2 aliphatic heterocycles. The van der Waals surface area contributed by atoms with E-state index in [1.807, 2.05) is 24.3 Å². The van der Waals surface area contributed by atoms with Gasteiger partial charge in [-0.05, 0) is 56.1 Å². The number of nitrogens with zero attached hydrogens (tertiary/aromatic N) is 1. The summed E-state index contributed by atoms with van der Waals surface area (Å²) in [5, 5.41) is 3.52. The molecule has 2 aliphatic rings. The maximum Gasteiger partial charge on any atom is 0.119 e. The molecule has 0 aliphatic carbocycles. The first-order valence-corrected chi connectivity index (χ1v) is 7.58. The Morgan fingerprint density at radius 2 is 2.00 bits per heavy atom. The number of hydrogen-bond donors (Lipinski definition) is 1. The molecule has 1 aromatic rings. The quantitative estimate of drug-likeness (QED) is 0.888. The van der Waals surface area contributed by atoms with E-state index < -0.39 is 0 Å². The smallest absolute Gasteiger partial charge is 0.119 e. The van der Waals surface area contributed by atoms with Crippen LogP contribution in [0.5, 0.6) is 11.5 Å². The lowest BCUT2D eigenvalue weighted by Gasteiger charge is -2.36. The summed E-state index contributed by atoms with van der Waals surface area (Å²) in [7, 11) is 1.68. The average molecular weight is 276 g/mol. The summed E-state index contributed by atoms with van der Waals surface area (Å²) in [6.45, 7) is 5.34. The first kappa shape index (κ1) is 13.7. The monoisotopic (exact) mass is 276 g/mol. The van der Waals surface area contributed by atoms with Crippen molar-refractivity contribution in [2.45, 2.75) is 18.9 Å². The highest BCUT2D eigenvalue weighted by atomic mass is 16.5. The van der Waals surface area contributed by atoms with Gasteiger partial charge in [0.25, 0.3) is 0 Å². The molecule has 2 unspecified atom stereocenters. The number of likely N-dealkylation sites (tertiary alicyclic amines) is 1. The summed E-state index contributed by atoms with van der Waals surface area (Å²) in [5.74, 6) is 2.64. The third-order valence-corrected chi connectivity index (χ3v) is 4.50. The SMILES string of the molecule is COc1ccc(OCCN2CCCC3CNCC32)cc1. The van der Waals surface area contributed by atoms with E-state index in [2.05, 4.69) is 10.2 Å². The van der Waals surface area contributed by atoms with Gasteiger partial charge in [0, 0.05) is 19.1 Å². The molecule has 4 heteroatoms. The van der Waals surface area contributed by atoms with E-state index in [0.29, 0.717) is 0 Å². The molecule has 0 aromatic heterocycles. The second-order valence-electron chi connectivity index (χ2n) is 5.69. The minimum Gasteiger partial charge on any atom is -0.497 e. The van der Waals surface area contributed by atoms with Gasteiger partial charge in [-0.2, -0.15) is 0 Å². The van der Waals surface area contributed by atoms with E-state index >= 15 is 0 Å². The van der Waals surface area contributed by atoms with Crippen LogP contribution >= 0.6 is 0 Å². The van der Waals surface area contributed by atoms with Crippen molar-refractivity contribution in [1.29, 1.82) is 0 Å². The Labute approximate surface area is 121 Å². The Hall–Kier alpha value is -1.26. The van der Waals surface area contributed by atoms with Gasteiger partial charge >= 0.3 is 0 Å². The Kier molecular flexibility index (Phi) is 4.43. The molecular weight excluding hydrogens is 252 g/mol. The number of hydrogen-bond acceptors (Lipinski definition) is 4. The molecule has 0 spiro atoms. The predicted octanol–water partition coefficient (Wildman–Crippen LogP) is 1.76. The van der Waals surface area contributed by atoms with Crippen LogP contribution in [0.25, 0.3) is 0 Å². The van der Waals surface area contributed by atoms with Gasteiger partial charge in [-0.1, -0.05) is 0 Å². The van der Waals surface area contributed by atoms with Crippen molar-refractivity contribution in [2.24, 2.45) is 5.92 Å². The van der Waals surface area contributed by atoms with Crippen molar-refractivity contribution in [3.63, 3.8) is 0 Å². The van der Waals surface area contributed by atoms with Gasteiger partial charge in [0.1, 0.15) is 18.1 Å². The molecule has 4 nitrogen and oxygen atoms in total. The number of benzene rings is 1. The number of piperidine rings is 1. The van der Waals surface area contributed by atoms with Crippen LogP contribution in [0.4, 0.5) is 0 Å². The molecule has 20 heavy (non-hydrogen) atoms. The van der Waals surface area contributed by atoms with Gasteiger partial charge in [-0.3, -0.25) is 4.90 Å². The molecule has 2 atom stereocenters. The van der Waals surface area contributed by atoms with Crippen molar-refractivity contribution >= 4 is 0 Å². The molecule has 0 bridgehead atoms. The lowest BCUT2D eigenvalue weighted by atomic mass is 9.92. The second kappa shape index (κ2) is 6.46. The molecule has 3 rings (SSSR count). The fourth-order valence-corrected chi connectivity index (χ4v) is 3.39. The molecule has 1 N–H and O–H groups in total. The third kappa shape index (κ3) is 3.07. The summed E-state index contributed by atoms with van der Waals surface area (Å²) in [6.07, 6.45) is 2.71. The normalized spacial score (nSPS) is 26.2. The minimum absolute atomic E-state index is 0.725. The predicted molar refractivity (Wildman–Crippen MR) is 79.4 cm³/mol. The number of methoxy groups -OCH3 is 1. The topological polar surface area (TPSA) is 33.7 Å². The first-order valence-electron chi connectivity index (χ1n) is 7.58. The largest absolute Gasteiger partial charge is 0.497 e. The Bertz CT molecular complexity index is 421. The lowest BCUT2D eigenvalue weighted by molar-refractivity contribution is 0.105. The molecule has 2 saturated heterocycles. The lowest BCUT2D eigenvalue weighted by Crippen LogP contribution is -2.46. The summed E-state index contributed by atoms with van der Waals surface area (Å²) in [4.78, 5) is 2.59. The van der Waals surface area contributed by atoms with Gasteiger partial charge in [0.05, 0.1) is 7.11 Å². The standard InChI is InChI=1S/C16H24N2O2/c1-19-14-4-6-15(7-5-14)20-10-9-18-8-2-3-13-11-17-12-16(13)18/h4-7,13,16-17H,2-3,8-12H2,1H3. The highest BCUT2D eigenvalue weighted by Gasteiger charge is 2.34. The zero-order chi connectivity index (χ0) is 13.8. The summed E-state index contributed by atoms with van der Waals surface area (Å²) in [5.41, 5.74) is 0. The van der Waals surface area contributed by atoms with Crippen molar-refractivity contribution in [1.82, 2.24) is 10.2 Å². The summed E-state index contributed by atoms with van der Waals surface area (Å²) >= 11 is 0. The van der Waals surface area contributed by atoms with Crippen LogP contribution in [0.3, 0.4) is 0 Å². The molecule has 0 amide bonds. The van der Waals surface area contributed by atoms with E-state index in [-0.39, 0.29) is 0 Å². The number of nitrogens with one attached hydrogen (secondary N) is 1. The van der Waals surface area contributed by atoms with E-state index in [9.17, 15) is 0 Å². The van der Waals surface area contributed by atoms with Gasteiger partial charge in [0.2, 0.25) is 0 Å². The van der Waals surface area contributed by atoms with E-state index in [1.54, 1.807) is 7.11 Å². The highest BCUT2D eigenvalue weighted by molar-refractivity contribution is 5.31. The van der Waals surface area contributed by atoms with Crippen LogP contribution < -0.4 is 14.8 Å². The van der Waals surface area contributed by atoms with Crippen LogP contribution in [0.15, 0.2) is 24.3 Å². The molecular formula is C16H24N2O2. The van der Waals surface area contributed by atoms with Gasteiger partial charge in [-0.15, -0.1) is 0 Å². The fourth-order valence-electron chi connectivity index (χ4n) is 3.39. The second-order valence-corrected chi connectivity index (χ2v) is 5.69. The number of fused-ring (bicyclic) bond motifs is 1. The van der Waals surface area contributed by atoms with Crippen LogP contribution in [0.2, 0.25) is 0 Å². The zero-order valence-electron chi connectivity index (χ0n) is 12.2. The summed E-state index contributed by atoms with van der Waals surface area (Å²) < 4.78 is 11.0. The molecule has 0 saturated carbocycles. The van der Waals surface area contributed by atoms with E-state index in [4.69, 9.17) is 9.47 Å². The van der Waals surface area contributed by atoms with Crippen molar-refractivity contribution in [2.75, 3.05) is 39.9 Å². The van der Waals surface area contributed by atoms with Gasteiger partial charge in [0.15, 0.2) is 0 Å². The number of ether oxygens (including phenoxy) is 2. The zero-order valence-corrected chi connectivity index (χ0v) is 12.2. The Morgan fingerprint density at radius 3 is 2.80 bits per heavy atom. The Balaban J connectivity index is 1.46. The minimum atomic E-state index is 0.725. The van der Waals surface area contributed by atoms with Crippen LogP contribution in [0, 0.1) is 5.92 Å². The molecule has 2 heterocycles. The maximum atomic E-state index is 5.84. The maximum absolute atomic E-state index is 5.84. The van der Waals surface area contributed by atoms with Crippen LogP contribution in [-0.4, -0.2) is 50.8 Å². The molecule has 2 fully saturated rings. The van der Waals surface area contributed by atoms with Gasteiger partial charge in [-0.25, -0.2) is 0 Å². The highest BCUT2D eigenvalue weighted by Crippen LogP contribution is 2.26. The van der Waals surface area contributed by atoms with Crippen LogP contribution in [-0.2, 0) is 0 Å². The fraction of sp³-hybridized carbons (Fsp3) is 0.625. The summed E-state index contributed by atoms with van der Waals surface area (Å²) in [6, 6.07) is 8.53. The van der Waals surface area contributed by atoms with E-state index in [1.165, 1.54) is 25.9 Å². The Morgan fingerprint density at radius 1 is 1.20 bits per heavy atom. The molecule has 110 valence electrons. The van der Waals surface area contributed by atoms with Crippen molar-refractivity contribution in [3.05, 3.63) is 24.3 Å². The van der Waals surface area contributed by atoms with Crippen molar-refractivity contribution in [3.8, 4) is 11.5 Å². The van der Waals surface area contributed by atoms with E-state index in [0.717, 1.165) is 43.2 Å². The average Bonchev–Trinajstić information content (AvgIpc) is 2.97. The van der Waals surface area contributed by atoms with Crippen LogP contribution in [0.1, 0.15) is 12.8 Å². The first-order chi connectivity index (χ1) is 9.86. The molecule has 0 radical (unpaired) electrons. The molecule has 1 aromatic carbocycles.